The fraction of sp³-hybridized carbons (Fsp3) is 0.444. The standard InChI is InChI=1S/C18H26N2O3S/c1-18(2,3)24(4,5)23-10-9-12-7-6-8-13-14(11-20-15(12)13)16(21)17(19)22/h6-8,11,20H,9-10H2,1-5H3,(H2,19,22). The van der Waals surface area contributed by atoms with Crippen LogP contribution in [-0.2, 0) is 15.4 Å². The van der Waals surface area contributed by atoms with Crippen molar-refractivity contribution in [2.24, 2.45) is 5.73 Å². The zero-order valence-corrected chi connectivity index (χ0v) is 15.8. The van der Waals surface area contributed by atoms with E-state index in [1.165, 1.54) is 0 Å². The predicted octanol–water partition coefficient (Wildman–Crippen LogP) is 3.17. The average Bonchev–Trinajstić information content (AvgIpc) is 2.89. The second kappa shape index (κ2) is 6.61. The van der Waals surface area contributed by atoms with E-state index in [1.807, 2.05) is 18.2 Å². The molecular weight excluding hydrogens is 324 g/mol. The molecule has 132 valence electrons. The van der Waals surface area contributed by atoms with Gasteiger partial charge in [0.25, 0.3) is 11.7 Å². The lowest BCUT2D eigenvalue weighted by molar-refractivity contribution is -0.114. The minimum Gasteiger partial charge on any atom is -0.363 e. The van der Waals surface area contributed by atoms with Gasteiger partial charge in [0.15, 0.2) is 0 Å². The van der Waals surface area contributed by atoms with E-state index in [0.717, 1.165) is 22.9 Å². The van der Waals surface area contributed by atoms with Crippen molar-refractivity contribution in [3.63, 3.8) is 0 Å². The van der Waals surface area contributed by atoms with E-state index >= 15 is 0 Å². The second-order valence-electron chi connectivity index (χ2n) is 7.15. The van der Waals surface area contributed by atoms with Crippen LogP contribution in [0.3, 0.4) is 0 Å². The first-order chi connectivity index (χ1) is 11.0. The maximum atomic E-state index is 11.9. The first-order valence-electron chi connectivity index (χ1n) is 7.85. The molecule has 0 aliphatic rings. The molecule has 1 heterocycles. The lowest BCUT2D eigenvalue weighted by atomic mass is 10.0. The molecule has 1 amide bonds. The number of fused-ring (bicyclic) bond motifs is 1. The number of primary amides is 1. The van der Waals surface area contributed by atoms with Crippen molar-refractivity contribution in [2.45, 2.75) is 31.9 Å². The number of carbonyl (C=O) groups excluding carboxylic acids is 2. The Bertz CT molecular complexity index is 772. The zero-order valence-electron chi connectivity index (χ0n) is 14.9. The van der Waals surface area contributed by atoms with Gasteiger partial charge in [-0.2, -0.15) is 0 Å². The van der Waals surface area contributed by atoms with Crippen molar-refractivity contribution in [1.82, 2.24) is 4.98 Å². The highest BCUT2D eigenvalue weighted by atomic mass is 32.3. The summed E-state index contributed by atoms with van der Waals surface area (Å²) in [7, 11) is -1.17. The van der Waals surface area contributed by atoms with Crippen molar-refractivity contribution in [3.05, 3.63) is 35.5 Å². The number of aromatic amines is 1. The van der Waals surface area contributed by atoms with Crippen LogP contribution in [0.15, 0.2) is 24.4 Å². The number of nitrogens with two attached hydrogens (primary N) is 1. The number of benzene rings is 1. The van der Waals surface area contributed by atoms with Gasteiger partial charge in [0.1, 0.15) is 0 Å². The summed E-state index contributed by atoms with van der Waals surface area (Å²) in [5.41, 5.74) is 7.34. The minimum absolute atomic E-state index is 0.118. The Morgan fingerprint density at radius 2 is 1.92 bits per heavy atom. The maximum Gasteiger partial charge on any atom is 0.289 e. The number of rotatable bonds is 6. The third kappa shape index (κ3) is 3.65. The van der Waals surface area contributed by atoms with Crippen molar-refractivity contribution >= 4 is 32.9 Å². The molecule has 2 aromatic rings. The Morgan fingerprint density at radius 1 is 1.25 bits per heavy atom. The molecule has 0 saturated heterocycles. The Labute approximate surface area is 144 Å². The lowest BCUT2D eigenvalue weighted by Crippen LogP contribution is -2.25. The monoisotopic (exact) mass is 350 g/mol. The van der Waals surface area contributed by atoms with Crippen LogP contribution in [0.1, 0.15) is 36.7 Å². The molecule has 24 heavy (non-hydrogen) atoms. The summed E-state index contributed by atoms with van der Waals surface area (Å²) < 4.78 is 6.29. The number of nitrogens with one attached hydrogen (secondary N) is 1. The van der Waals surface area contributed by atoms with Gasteiger partial charge in [0.2, 0.25) is 0 Å². The summed E-state index contributed by atoms with van der Waals surface area (Å²) >= 11 is 0. The van der Waals surface area contributed by atoms with Crippen LogP contribution in [0.2, 0.25) is 0 Å². The SMILES string of the molecule is CC(C)(C)S(C)(C)OCCc1cccc2c(C(=O)C(N)=O)c[nH]c12. The first-order valence-corrected chi connectivity index (χ1v) is 10.2. The average molecular weight is 350 g/mol. The first kappa shape index (κ1) is 18.5. The highest BCUT2D eigenvalue weighted by Gasteiger charge is 2.28. The van der Waals surface area contributed by atoms with Crippen molar-refractivity contribution < 1.29 is 13.8 Å². The summed E-state index contributed by atoms with van der Waals surface area (Å²) in [5.74, 6) is -1.62. The molecule has 6 heteroatoms. The molecule has 0 fully saturated rings. The maximum absolute atomic E-state index is 11.9. The third-order valence-corrected chi connectivity index (χ3v) is 8.20. The molecule has 0 atom stereocenters. The molecule has 0 spiro atoms. The number of Topliss-reactive ketones (excluding diaryl/α,β-unsaturated/α-hetero) is 1. The highest BCUT2D eigenvalue weighted by molar-refractivity contribution is 8.29. The van der Waals surface area contributed by atoms with E-state index in [9.17, 15) is 9.59 Å². The molecule has 0 aliphatic heterocycles. The predicted molar refractivity (Wildman–Crippen MR) is 101 cm³/mol. The molecule has 0 saturated carbocycles. The van der Waals surface area contributed by atoms with Gasteiger partial charge in [-0.25, -0.2) is 0 Å². The van der Waals surface area contributed by atoms with Gasteiger partial charge in [-0.3, -0.25) is 9.59 Å². The largest absolute Gasteiger partial charge is 0.363 e. The Kier molecular flexibility index (Phi) is 5.11. The molecule has 3 N–H and O–H groups in total. The molecule has 0 radical (unpaired) electrons. The Hall–Kier alpha value is -1.79. The number of carbonyl (C=O) groups is 2. The van der Waals surface area contributed by atoms with Gasteiger partial charge in [0, 0.05) is 21.8 Å². The summed E-state index contributed by atoms with van der Waals surface area (Å²) in [4.78, 5) is 26.1. The van der Waals surface area contributed by atoms with Gasteiger partial charge in [0.05, 0.1) is 12.2 Å². The molecule has 1 aromatic heterocycles. The number of aromatic nitrogens is 1. The van der Waals surface area contributed by atoms with Crippen LogP contribution in [0.5, 0.6) is 0 Å². The van der Waals surface area contributed by atoms with Crippen molar-refractivity contribution in [1.29, 1.82) is 0 Å². The molecular formula is C18H26N2O3S. The molecule has 5 nitrogen and oxygen atoms in total. The zero-order chi connectivity index (χ0) is 18.1. The molecule has 0 unspecified atom stereocenters. The van der Waals surface area contributed by atoms with E-state index in [-0.39, 0.29) is 4.75 Å². The molecule has 0 aliphatic carbocycles. The van der Waals surface area contributed by atoms with E-state index in [2.05, 4.69) is 38.3 Å². The van der Waals surface area contributed by atoms with Crippen LogP contribution in [-0.4, -0.2) is 40.5 Å². The van der Waals surface area contributed by atoms with Gasteiger partial charge < -0.3 is 14.9 Å². The number of H-pyrrole nitrogens is 1. The number of para-hydroxylation sites is 1. The number of hydrogen-bond acceptors (Lipinski definition) is 3. The van der Waals surface area contributed by atoms with Crippen LogP contribution >= 0.6 is 10.3 Å². The third-order valence-electron chi connectivity index (χ3n) is 4.49. The highest BCUT2D eigenvalue weighted by Crippen LogP contribution is 2.53. The van der Waals surface area contributed by atoms with E-state index in [0.29, 0.717) is 12.2 Å². The lowest BCUT2D eigenvalue weighted by Gasteiger charge is -2.43. The van der Waals surface area contributed by atoms with Crippen molar-refractivity contribution in [2.75, 3.05) is 19.1 Å². The number of ketones is 1. The quantitative estimate of drug-likeness (QED) is 0.620. The fourth-order valence-electron chi connectivity index (χ4n) is 2.28. The van der Waals surface area contributed by atoms with Gasteiger partial charge in [-0.15, -0.1) is 10.3 Å². The van der Waals surface area contributed by atoms with Crippen molar-refractivity contribution in [3.8, 4) is 0 Å². The fourth-order valence-corrected chi connectivity index (χ4v) is 3.14. The van der Waals surface area contributed by atoms with Crippen LogP contribution in [0.4, 0.5) is 0 Å². The summed E-state index contributed by atoms with van der Waals surface area (Å²) in [6, 6.07) is 5.70. The van der Waals surface area contributed by atoms with E-state index < -0.39 is 22.0 Å². The summed E-state index contributed by atoms with van der Waals surface area (Å²) in [6.07, 6.45) is 6.62. The van der Waals surface area contributed by atoms with E-state index in [4.69, 9.17) is 9.92 Å². The number of amides is 1. The second-order valence-corrected chi connectivity index (χ2v) is 11.1. The number of hydrogen-bond donors (Lipinski definition) is 2. The minimum atomic E-state index is -1.17. The van der Waals surface area contributed by atoms with Gasteiger partial charge in [-0.05, 0) is 24.5 Å². The van der Waals surface area contributed by atoms with E-state index in [1.54, 1.807) is 6.20 Å². The van der Waals surface area contributed by atoms with Gasteiger partial charge >= 0.3 is 0 Å². The topological polar surface area (TPSA) is 85.2 Å². The van der Waals surface area contributed by atoms with Crippen LogP contribution < -0.4 is 5.73 Å². The molecule has 0 bridgehead atoms. The van der Waals surface area contributed by atoms with Gasteiger partial charge in [-0.1, -0.05) is 39.0 Å². The Morgan fingerprint density at radius 3 is 2.50 bits per heavy atom. The molecule has 2 rings (SSSR count). The smallest absolute Gasteiger partial charge is 0.289 e. The van der Waals surface area contributed by atoms with Crippen LogP contribution in [0, 0.1) is 0 Å². The molecule has 1 aromatic carbocycles. The normalized spacial score (nSPS) is 13.2. The Balaban J connectivity index is 2.20. The summed E-state index contributed by atoms with van der Waals surface area (Å²) in [6.45, 7) is 7.18. The summed E-state index contributed by atoms with van der Waals surface area (Å²) in [5, 5.41) is 0.721. The van der Waals surface area contributed by atoms with Crippen LogP contribution in [0.25, 0.3) is 10.9 Å².